The van der Waals surface area contributed by atoms with Gasteiger partial charge in [-0.1, -0.05) is 0 Å². The molecule has 2 fully saturated rings. The molecule has 1 aromatic carbocycles. The number of halogens is 1. The van der Waals surface area contributed by atoms with E-state index >= 15 is 0 Å². The highest BCUT2D eigenvalue weighted by Crippen LogP contribution is 2.21. The highest BCUT2D eigenvalue weighted by atomic mass is 127. The van der Waals surface area contributed by atoms with Gasteiger partial charge >= 0.3 is 0 Å². The molecule has 3 rings (SSSR count). The quantitative estimate of drug-likeness (QED) is 0.732. The van der Waals surface area contributed by atoms with Crippen molar-refractivity contribution in [3.8, 4) is 0 Å². The lowest BCUT2D eigenvalue weighted by molar-refractivity contribution is 0.0608. The standard InChI is InChI=1S/C16H21IN2O/c17-14-7-5-13(6-8-14)16(20)19-11-3-4-15(12-19)18-9-1-2-10-18/h5-8,15H,1-4,9-12H2. The Morgan fingerprint density at radius 3 is 2.45 bits per heavy atom. The van der Waals surface area contributed by atoms with Crippen LogP contribution in [0.5, 0.6) is 0 Å². The van der Waals surface area contributed by atoms with E-state index in [1.165, 1.54) is 35.9 Å². The summed E-state index contributed by atoms with van der Waals surface area (Å²) in [5.74, 6) is 0.199. The van der Waals surface area contributed by atoms with E-state index in [2.05, 4.69) is 32.4 Å². The van der Waals surface area contributed by atoms with Gasteiger partial charge in [0.2, 0.25) is 0 Å². The molecule has 1 unspecified atom stereocenters. The van der Waals surface area contributed by atoms with Gasteiger partial charge in [0.05, 0.1) is 0 Å². The van der Waals surface area contributed by atoms with Gasteiger partial charge in [-0.05, 0) is 85.6 Å². The summed E-state index contributed by atoms with van der Waals surface area (Å²) in [6.45, 7) is 4.26. The lowest BCUT2D eigenvalue weighted by atomic mass is 10.0. The SMILES string of the molecule is O=C(c1ccc(I)cc1)N1CCCC(N2CCCC2)C1. The highest BCUT2D eigenvalue weighted by molar-refractivity contribution is 14.1. The molecule has 0 N–H and O–H groups in total. The molecule has 0 spiro atoms. The predicted octanol–water partition coefficient (Wildman–Crippen LogP) is 2.99. The third kappa shape index (κ3) is 3.17. The number of benzene rings is 1. The van der Waals surface area contributed by atoms with Crippen LogP contribution in [0.1, 0.15) is 36.0 Å². The van der Waals surface area contributed by atoms with Crippen LogP contribution in [0.25, 0.3) is 0 Å². The van der Waals surface area contributed by atoms with Crippen LogP contribution < -0.4 is 0 Å². The van der Waals surface area contributed by atoms with Crippen molar-refractivity contribution in [2.75, 3.05) is 26.2 Å². The Labute approximate surface area is 134 Å². The third-order valence-electron chi connectivity index (χ3n) is 4.43. The van der Waals surface area contributed by atoms with Crippen LogP contribution in [0.2, 0.25) is 0 Å². The number of carbonyl (C=O) groups is 1. The van der Waals surface area contributed by atoms with Crippen molar-refractivity contribution in [3.63, 3.8) is 0 Å². The summed E-state index contributed by atoms with van der Waals surface area (Å²) in [4.78, 5) is 17.2. The van der Waals surface area contributed by atoms with Crippen LogP contribution in [-0.2, 0) is 0 Å². The molecule has 20 heavy (non-hydrogen) atoms. The Kier molecular flexibility index (Phi) is 4.61. The van der Waals surface area contributed by atoms with Gasteiger partial charge in [-0.3, -0.25) is 9.69 Å². The van der Waals surface area contributed by atoms with Gasteiger partial charge < -0.3 is 4.90 Å². The first-order valence-corrected chi connectivity index (χ1v) is 8.61. The molecule has 2 aliphatic rings. The van der Waals surface area contributed by atoms with E-state index in [-0.39, 0.29) is 5.91 Å². The van der Waals surface area contributed by atoms with Crippen molar-refractivity contribution in [3.05, 3.63) is 33.4 Å². The van der Waals surface area contributed by atoms with Gasteiger partial charge in [0.25, 0.3) is 5.91 Å². The maximum atomic E-state index is 12.6. The van der Waals surface area contributed by atoms with Gasteiger partial charge in [-0.2, -0.15) is 0 Å². The van der Waals surface area contributed by atoms with Crippen LogP contribution >= 0.6 is 22.6 Å². The number of hydrogen-bond donors (Lipinski definition) is 0. The summed E-state index contributed by atoms with van der Waals surface area (Å²) >= 11 is 2.27. The molecule has 3 nitrogen and oxygen atoms in total. The summed E-state index contributed by atoms with van der Waals surface area (Å²) < 4.78 is 1.17. The maximum absolute atomic E-state index is 12.6. The van der Waals surface area contributed by atoms with E-state index in [0.29, 0.717) is 6.04 Å². The van der Waals surface area contributed by atoms with Crippen molar-refractivity contribution in [2.45, 2.75) is 31.7 Å². The Morgan fingerprint density at radius 2 is 1.75 bits per heavy atom. The highest BCUT2D eigenvalue weighted by Gasteiger charge is 2.29. The second-order valence-corrected chi connectivity index (χ2v) is 7.04. The van der Waals surface area contributed by atoms with Crippen LogP contribution in [-0.4, -0.2) is 47.9 Å². The van der Waals surface area contributed by atoms with Gasteiger partial charge in [-0.15, -0.1) is 0 Å². The maximum Gasteiger partial charge on any atom is 0.253 e. The Morgan fingerprint density at radius 1 is 1.05 bits per heavy atom. The van der Waals surface area contributed by atoms with Gasteiger partial charge in [0.15, 0.2) is 0 Å². The minimum absolute atomic E-state index is 0.199. The zero-order valence-corrected chi connectivity index (χ0v) is 13.9. The molecule has 1 amide bonds. The minimum atomic E-state index is 0.199. The van der Waals surface area contributed by atoms with E-state index in [1.807, 2.05) is 24.3 Å². The van der Waals surface area contributed by atoms with E-state index in [1.54, 1.807) is 0 Å². The molecule has 108 valence electrons. The van der Waals surface area contributed by atoms with Crippen LogP contribution in [0.15, 0.2) is 24.3 Å². The summed E-state index contributed by atoms with van der Waals surface area (Å²) in [5.41, 5.74) is 0.826. The molecule has 2 aliphatic heterocycles. The first-order valence-electron chi connectivity index (χ1n) is 7.53. The number of carbonyl (C=O) groups excluding carboxylic acids is 1. The van der Waals surface area contributed by atoms with Crippen molar-refractivity contribution in [2.24, 2.45) is 0 Å². The number of amides is 1. The monoisotopic (exact) mass is 384 g/mol. The summed E-state index contributed by atoms with van der Waals surface area (Å²) in [7, 11) is 0. The molecule has 1 aromatic rings. The fourth-order valence-corrected chi connectivity index (χ4v) is 3.68. The fraction of sp³-hybridized carbons (Fsp3) is 0.562. The van der Waals surface area contributed by atoms with E-state index in [9.17, 15) is 4.79 Å². The van der Waals surface area contributed by atoms with Crippen molar-refractivity contribution in [1.29, 1.82) is 0 Å². The van der Waals surface area contributed by atoms with Gasteiger partial charge in [-0.25, -0.2) is 0 Å². The van der Waals surface area contributed by atoms with Gasteiger partial charge in [0, 0.05) is 28.3 Å². The molecule has 4 heteroatoms. The molecule has 2 saturated heterocycles. The number of piperidine rings is 1. The minimum Gasteiger partial charge on any atom is -0.337 e. The van der Waals surface area contributed by atoms with Crippen molar-refractivity contribution in [1.82, 2.24) is 9.80 Å². The molecule has 1 atom stereocenters. The largest absolute Gasteiger partial charge is 0.337 e. The first-order chi connectivity index (χ1) is 9.74. The van der Waals surface area contributed by atoms with Crippen LogP contribution in [0, 0.1) is 3.57 Å². The Hall–Kier alpha value is -0.620. The van der Waals surface area contributed by atoms with Gasteiger partial charge in [0.1, 0.15) is 0 Å². The Balaban J connectivity index is 1.66. The van der Waals surface area contributed by atoms with E-state index in [4.69, 9.17) is 0 Å². The summed E-state index contributed by atoms with van der Waals surface area (Å²) in [6.07, 6.45) is 5.02. The van der Waals surface area contributed by atoms with Crippen LogP contribution in [0.3, 0.4) is 0 Å². The van der Waals surface area contributed by atoms with Crippen LogP contribution in [0.4, 0.5) is 0 Å². The van der Waals surface area contributed by atoms with E-state index in [0.717, 1.165) is 25.1 Å². The smallest absolute Gasteiger partial charge is 0.253 e. The third-order valence-corrected chi connectivity index (χ3v) is 5.15. The molecule has 2 heterocycles. The number of hydrogen-bond acceptors (Lipinski definition) is 2. The molecular formula is C16H21IN2O. The van der Waals surface area contributed by atoms with Crippen molar-refractivity contribution < 1.29 is 4.79 Å². The summed E-state index contributed by atoms with van der Waals surface area (Å²) in [6, 6.07) is 8.50. The lowest BCUT2D eigenvalue weighted by Crippen LogP contribution is -2.48. The first kappa shape index (κ1) is 14.3. The molecule has 0 aliphatic carbocycles. The molecule has 0 bridgehead atoms. The topological polar surface area (TPSA) is 23.6 Å². The number of nitrogens with zero attached hydrogens (tertiary/aromatic N) is 2. The number of rotatable bonds is 2. The molecular weight excluding hydrogens is 363 g/mol. The molecule has 0 radical (unpaired) electrons. The normalized spacial score (nSPS) is 24.1. The molecule has 0 saturated carbocycles. The van der Waals surface area contributed by atoms with Crippen molar-refractivity contribution >= 4 is 28.5 Å². The predicted molar refractivity (Wildman–Crippen MR) is 88.9 cm³/mol. The number of likely N-dealkylation sites (tertiary alicyclic amines) is 2. The zero-order chi connectivity index (χ0) is 13.9. The average Bonchev–Trinajstić information content (AvgIpc) is 3.02. The fourth-order valence-electron chi connectivity index (χ4n) is 3.32. The lowest BCUT2D eigenvalue weighted by Gasteiger charge is -2.37. The zero-order valence-electron chi connectivity index (χ0n) is 11.7. The second kappa shape index (κ2) is 6.43. The average molecular weight is 384 g/mol. The summed E-state index contributed by atoms with van der Waals surface area (Å²) in [5, 5.41) is 0. The molecule has 0 aromatic heterocycles. The second-order valence-electron chi connectivity index (χ2n) is 5.80. The van der Waals surface area contributed by atoms with E-state index < -0.39 is 0 Å². The Bertz CT molecular complexity index is 468.